The monoisotopic (exact) mass is 399 g/mol. The van der Waals surface area contributed by atoms with Crippen LogP contribution in [0.5, 0.6) is 0 Å². The number of benzene rings is 1. The molecule has 1 aromatic carbocycles. The van der Waals surface area contributed by atoms with E-state index in [1.807, 2.05) is 0 Å². The predicted molar refractivity (Wildman–Crippen MR) is 101 cm³/mol. The van der Waals surface area contributed by atoms with E-state index in [0.717, 1.165) is 10.4 Å². The minimum absolute atomic E-state index is 0.338. The highest BCUT2D eigenvalue weighted by Crippen LogP contribution is 2.37. The van der Waals surface area contributed by atoms with Gasteiger partial charge < -0.3 is 19.7 Å². The summed E-state index contributed by atoms with van der Waals surface area (Å²) in [6, 6.07) is 8.18. The fraction of sp³-hybridized carbons (Fsp3) is 0.263. The fourth-order valence-electron chi connectivity index (χ4n) is 2.95. The molecule has 0 unspecified atom stereocenters. The molecule has 1 aliphatic rings. The van der Waals surface area contributed by atoms with E-state index in [4.69, 9.17) is 4.74 Å². The van der Waals surface area contributed by atoms with Crippen LogP contribution in [0, 0.1) is 11.3 Å². The summed E-state index contributed by atoms with van der Waals surface area (Å²) in [6.07, 6.45) is 0.0990. The summed E-state index contributed by atoms with van der Waals surface area (Å²) in [5.41, 5.74) is 1.96. The summed E-state index contributed by atoms with van der Waals surface area (Å²) in [4.78, 5) is 38.2. The highest BCUT2D eigenvalue weighted by Gasteiger charge is 2.28. The molecule has 1 aromatic heterocycles. The Morgan fingerprint density at radius 1 is 1.14 bits per heavy atom. The van der Waals surface area contributed by atoms with Gasteiger partial charge in [0.1, 0.15) is 11.1 Å². The quantitative estimate of drug-likeness (QED) is 0.795. The van der Waals surface area contributed by atoms with Gasteiger partial charge in [0, 0.05) is 17.0 Å². The van der Waals surface area contributed by atoms with Crippen molar-refractivity contribution in [3.05, 3.63) is 51.4 Å². The van der Waals surface area contributed by atoms with Gasteiger partial charge in [0.15, 0.2) is 0 Å². The number of carbonyl (C=O) groups excluding carboxylic acids is 3. The molecule has 0 spiro atoms. The molecule has 0 fully saturated rings. The topological polar surface area (TPSA) is 109 Å². The first kappa shape index (κ1) is 19.4. The molecule has 28 heavy (non-hydrogen) atoms. The third-order valence-corrected chi connectivity index (χ3v) is 5.53. The molecule has 3 rings (SSSR count). The number of thiophene rings is 1. The smallest absolute Gasteiger partial charge is 0.409 e. The zero-order chi connectivity index (χ0) is 20.3. The Kier molecular flexibility index (Phi) is 5.61. The molecule has 0 saturated carbocycles. The van der Waals surface area contributed by atoms with E-state index >= 15 is 0 Å². The number of nitrogens with one attached hydrogen (secondary N) is 1. The average Bonchev–Trinajstić information content (AvgIpc) is 3.08. The standard InChI is InChI=1S/C19H17N3O5S/c1-26-18(24)12-5-3-11(4-6-12)16(23)21-17-14(9-20)13-7-8-22(19(25)27-2)10-15(13)28-17/h3-6H,7-8,10H2,1-2H3,(H,21,23). The Hall–Kier alpha value is -3.38. The molecule has 144 valence electrons. The maximum absolute atomic E-state index is 12.6. The number of esters is 1. The molecule has 0 radical (unpaired) electrons. The van der Waals surface area contributed by atoms with Crippen LogP contribution in [-0.2, 0) is 22.4 Å². The lowest BCUT2D eigenvalue weighted by molar-refractivity contribution is 0.0600. The lowest BCUT2D eigenvalue weighted by Gasteiger charge is -2.25. The van der Waals surface area contributed by atoms with Crippen molar-refractivity contribution in [2.24, 2.45) is 0 Å². The van der Waals surface area contributed by atoms with E-state index in [0.29, 0.717) is 41.2 Å². The van der Waals surface area contributed by atoms with Gasteiger partial charge in [-0.15, -0.1) is 11.3 Å². The maximum Gasteiger partial charge on any atom is 0.409 e. The number of anilines is 1. The number of carbonyl (C=O) groups is 3. The van der Waals surface area contributed by atoms with Gasteiger partial charge in [0.2, 0.25) is 0 Å². The Morgan fingerprint density at radius 2 is 1.82 bits per heavy atom. The first-order chi connectivity index (χ1) is 13.5. The molecule has 1 N–H and O–H groups in total. The van der Waals surface area contributed by atoms with Crippen LogP contribution in [0.4, 0.5) is 9.80 Å². The van der Waals surface area contributed by atoms with Crippen LogP contribution in [0.1, 0.15) is 36.7 Å². The SMILES string of the molecule is COC(=O)c1ccc(C(=O)Nc2sc3c(c2C#N)CCN(C(=O)OC)C3)cc1. The number of amides is 2. The second-order valence-electron chi connectivity index (χ2n) is 5.98. The van der Waals surface area contributed by atoms with Crippen LogP contribution in [-0.4, -0.2) is 43.6 Å². The Balaban J connectivity index is 1.80. The van der Waals surface area contributed by atoms with E-state index < -0.39 is 18.0 Å². The number of methoxy groups -OCH3 is 2. The van der Waals surface area contributed by atoms with Gasteiger partial charge in [0.05, 0.1) is 31.9 Å². The van der Waals surface area contributed by atoms with Crippen molar-refractivity contribution in [1.29, 1.82) is 5.26 Å². The average molecular weight is 399 g/mol. The van der Waals surface area contributed by atoms with Gasteiger partial charge >= 0.3 is 12.1 Å². The van der Waals surface area contributed by atoms with Crippen molar-refractivity contribution < 1.29 is 23.9 Å². The number of ether oxygens (including phenoxy) is 2. The minimum atomic E-state index is -0.486. The third-order valence-electron chi connectivity index (χ3n) is 4.40. The van der Waals surface area contributed by atoms with Gasteiger partial charge in [-0.3, -0.25) is 4.79 Å². The number of hydrogen-bond acceptors (Lipinski definition) is 7. The number of nitriles is 1. The first-order valence-corrected chi connectivity index (χ1v) is 9.17. The number of hydrogen-bond donors (Lipinski definition) is 1. The first-order valence-electron chi connectivity index (χ1n) is 8.35. The van der Waals surface area contributed by atoms with Crippen molar-refractivity contribution in [3.63, 3.8) is 0 Å². The molecule has 0 aliphatic carbocycles. The Morgan fingerprint density at radius 3 is 2.43 bits per heavy atom. The zero-order valence-electron chi connectivity index (χ0n) is 15.3. The summed E-state index contributed by atoms with van der Waals surface area (Å²) in [6.45, 7) is 0.790. The van der Waals surface area contributed by atoms with Crippen LogP contribution in [0.3, 0.4) is 0 Å². The van der Waals surface area contributed by atoms with Crippen molar-refractivity contribution in [3.8, 4) is 6.07 Å². The van der Waals surface area contributed by atoms with Crippen LogP contribution in [0.15, 0.2) is 24.3 Å². The Bertz CT molecular complexity index is 975. The molecule has 1 aliphatic heterocycles. The predicted octanol–water partition coefficient (Wildman–Crippen LogP) is 2.78. The fourth-order valence-corrected chi connectivity index (χ4v) is 4.15. The normalized spacial score (nSPS) is 12.5. The molecule has 2 amide bonds. The van der Waals surface area contributed by atoms with Crippen LogP contribution in [0.2, 0.25) is 0 Å². The van der Waals surface area contributed by atoms with Gasteiger partial charge in [0.25, 0.3) is 5.91 Å². The third kappa shape index (κ3) is 3.68. The summed E-state index contributed by atoms with van der Waals surface area (Å²) in [5, 5.41) is 12.7. The van der Waals surface area contributed by atoms with Gasteiger partial charge in [-0.1, -0.05) is 0 Å². The van der Waals surface area contributed by atoms with E-state index in [1.54, 1.807) is 4.90 Å². The second-order valence-corrected chi connectivity index (χ2v) is 7.09. The maximum atomic E-state index is 12.6. The van der Waals surface area contributed by atoms with E-state index in [2.05, 4.69) is 16.1 Å². The van der Waals surface area contributed by atoms with Crippen LogP contribution < -0.4 is 5.32 Å². The molecule has 0 saturated heterocycles. The number of rotatable bonds is 3. The lowest BCUT2D eigenvalue weighted by Crippen LogP contribution is -2.35. The van der Waals surface area contributed by atoms with Gasteiger partial charge in [-0.05, 0) is 36.2 Å². The van der Waals surface area contributed by atoms with Crippen molar-refractivity contribution in [2.45, 2.75) is 13.0 Å². The van der Waals surface area contributed by atoms with Crippen molar-refractivity contribution in [2.75, 3.05) is 26.1 Å². The second kappa shape index (κ2) is 8.10. The van der Waals surface area contributed by atoms with Crippen molar-refractivity contribution >= 4 is 34.3 Å². The van der Waals surface area contributed by atoms with Crippen molar-refractivity contribution in [1.82, 2.24) is 4.90 Å². The largest absolute Gasteiger partial charge is 0.465 e. The summed E-state index contributed by atoms with van der Waals surface area (Å²) < 4.78 is 9.38. The highest BCUT2D eigenvalue weighted by atomic mass is 32.1. The van der Waals surface area contributed by atoms with E-state index in [9.17, 15) is 19.6 Å². The molecule has 9 heteroatoms. The van der Waals surface area contributed by atoms with E-state index in [-0.39, 0.29) is 0 Å². The van der Waals surface area contributed by atoms with E-state index in [1.165, 1.54) is 49.8 Å². The molecule has 2 aromatic rings. The molecule has 2 heterocycles. The molecule has 0 atom stereocenters. The molecular formula is C19H17N3O5S. The molecule has 0 bridgehead atoms. The lowest BCUT2D eigenvalue weighted by atomic mass is 10.0. The summed E-state index contributed by atoms with van der Waals surface area (Å²) >= 11 is 1.27. The molecule has 8 nitrogen and oxygen atoms in total. The number of nitrogens with zero attached hydrogens (tertiary/aromatic N) is 2. The summed E-state index contributed by atoms with van der Waals surface area (Å²) in [5.74, 6) is -0.879. The van der Waals surface area contributed by atoms with Gasteiger partial charge in [-0.25, -0.2) is 9.59 Å². The highest BCUT2D eigenvalue weighted by molar-refractivity contribution is 7.16. The van der Waals surface area contributed by atoms with Crippen LogP contribution in [0.25, 0.3) is 0 Å². The zero-order valence-corrected chi connectivity index (χ0v) is 16.1. The molecular weight excluding hydrogens is 382 g/mol. The summed E-state index contributed by atoms with van der Waals surface area (Å²) in [7, 11) is 2.61. The van der Waals surface area contributed by atoms with Gasteiger partial charge in [-0.2, -0.15) is 5.26 Å². The Labute approximate surface area is 165 Å². The minimum Gasteiger partial charge on any atom is -0.465 e. The van der Waals surface area contributed by atoms with Crippen LogP contribution >= 0.6 is 11.3 Å². The number of fused-ring (bicyclic) bond motifs is 1.